The minimum Gasteiger partial charge on any atom is -0.480 e. The molecule has 0 aliphatic heterocycles. The Hall–Kier alpha value is -5.68. The summed E-state index contributed by atoms with van der Waals surface area (Å²) in [5.41, 5.74) is 7.69. The summed E-state index contributed by atoms with van der Waals surface area (Å²) in [6.45, 7) is 0. The van der Waals surface area contributed by atoms with Crippen LogP contribution in [-0.4, -0.2) is 128 Å². The van der Waals surface area contributed by atoms with E-state index in [0.29, 0.717) is 22.8 Å². The van der Waals surface area contributed by atoms with Gasteiger partial charge in [-0.3, -0.25) is 24.0 Å². The van der Waals surface area contributed by atoms with Crippen LogP contribution < -0.4 is 32.3 Å². The Morgan fingerprint density at radius 2 is 0.811 bits per heavy atom. The first-order chi connectivity index (χ1) is 25.5. The maximum atomic E-state index is 14.0. The number of carbonyl (C=O) groups excluding carboxylic acids is 5. The molecule has 0 fully saturated rings. The van der Waals surface area contributed by atoms with E-state index in [1.807, 2.05) is 0 Å². The SMILES string of the molecule is N[C@@H](CS)C(=O)N[C@@H](Cc1cnc[nH]1)C(=O)N[C@@H](Cc1cnc[nH]1)C(=O)N[C@@H](Cc1cnc[nH]1)C(=O)N[C@@H](Cc1cnc[nH]1)C(=O)N[C@@H](CS)C(=O)O. The fourth-order valence-corrected chi connectivity index (χ4v) is 5.35. The summed E-state index contributed by atoms with van der Waals surface area (Å²) in [6.07, 6.45) is 10.9. The van der Waals surface area contributed by atoms with Crippen LogP contribution in [0.1, 0.15) is 22.8 Å². The van der Waals surface area contributed by atoms with Crippen molar-refractivity contribution in [1.29, 1.82) is 0 Å². The highest BCUT2D eigenvalue weighted by atomic mass is 32.1. The Bertz CT molecular complexity index is 1770. The Morgan fingerprint density at radius 3 is 1.04 bits per heavy atom. The first-order valence-corrected chi connectivity index (χ1v) is 17.3. The van der Waals surface area contributed by atoms with Crippen LogP contribution in [-0.2, 0) is 54.5 Å². The van der Waals surface area contributed by atoms with Crippen LogP contribution in [0.15, 0.2) is 50.1 Å². The summed E-state index contributed by atoms with van der Waals surface area (Å²) < 4.78 is 0. The van der Waals surface area contributed by atoms with E-state index in [4.69, 9.17) is 5.73 Å². The predicted octanol–water partition coefficient (Wildman–Crippen LogP) is -3.45. The molecule has 6 atom stereocenters. The van der Waals surface area contributed by atoms with E-state index < -0.39 is 71.8 Å². The molecule has 0 aliphatic rings. The smallest absolute Gasteiger partial charge is 0.327 e. The average Bonchev–Trinajstić information content (AvgIpc) is 3.98. The van der Waals surface area contributed by atoms with Crippen molar-refractivity contribution < 1.29 is 33.9 Å². The second-order valence-electron chi connectivity index (χ2n) is 11.7. The van der Waals surface area contributed by atoms with Gasteiger partial charge in [0.1, 0.15) is 30.2 Å². The summed E-state index contributed by atoms with van der Waals surface area (Å²) in [7, 11) is 0. The number of hydrogen-bond donors (Lipinski definition) is 13. The molecule has 53 heavy (non-hydrogen) atoms. The van der Waals surface area contributed by atoms with Crippen molar-refractivity contribution >= 4 is 60.8 Å². The van der Waals surface area contributed by atoms with Crippen molar-refractivity contribution in [2.45, 2.75) is 61.9 Å². The van der Waals surface area contributed by atoms with Crippen LogP contribution in [0.25, 0.3) is 0 Å². The molecule has 0 saturated heterocycles. The number of nitrogens with two attached hydrogens (primary N) is 1. The van der Waals surface area contributed by atoms with Crippen LogP contribution in [0.3, 0.4) is 0 Å². The third-order valence-corrected chi connectivity index (χ3v) is 8.54. The molecule has 4 rings (SSSR count). The minimum absolute atomic E-state index is 0.00854. The summed E-state index contributed by atoms with van der Waals surface area (Å²) in [5, 5.41) is 22.3. The molecule has 0 bridgehead atoms. The largest absolute Gasteiger partial charge is 0.480 e. The molecule has 0 spiro atoms. The molecule has 0 aromatic carbocycles. The number of nitrogens with zero attached hydrogens (tertiary/aromatic N) is 4. The van der Waals surface area contributed by atoms with Crippen LogP contribution in [0, 0.1) is 0 Å². The van der Waals surface area contributed by atoms with Crippen molar-refractivity contribution in [1.82, 2.24) is 66.5 Å². The van der Waals surface area contributed by atoms with E-state index in [9.17, 15) is 33.9 Å². The number of rotatable bonds is 21. The van der Waals surface area contributed by atoms with Gasteiger partial charge in [-0.05, 0) is 0 Å². The maximum absolute atomic E-state index is 14.0. The van der Waals surface area contributed by atoms with Crippen molar-refractivity contribution in [3.8, 4) is 0 Å². The fraction of sp³-hybridized carbons (Fsp3) is 0.400. The number of carboxylic acids is 1. The zero-order valence-electron chi connectivity index (χ0n) is 28.0. The lowest BCUT2D eigenvalue weighted by molar-refractivity contribution is -0.141. The molecule has 4 aromatic heterocycles. The van der Waals surface area contributed by atoms with Crippen molar-refractivity contribution in [2.75, 3.05) is 11.5 Å². The number of aromatic nitrogens is 8. The molecule has 4 aromatic rings. The van der Waals surface area contributed by atoms with Gasteiger partial charge in [0.2, 0.25) is 29.5 Å². The number of thiol groups is 2. The van der Waals surface area contributed by atoms with Gasteiger partial charge in [0, 0.05) is 84.8 Å². The van der Waals surface area contributed by atoms with Gasteiger partial charge >= 0.3 is 5.97 Å². The third kappa shape index (κ3) is 12.2. The number of amides is 5. The highest BCUT2D eigenvalue weighted by Crippen LogP contribution is 2.08. The molecule has 0 saturated carbocycles. The Kier molecular flexibility index (Phi) is 15.0. The second-order valence-corrected chi connectivity index (χ2v) is 12.5. The molecule has 23 heteroatoms. The van der Waals surface area contributed by atoms with E-state index in [2.05, 4.69) is 91.7 Å². The highest BCUT2D eigenvalue weighted by molar-refractivity contribution is 7.80. The lowest BCUT2D eigenvalue weighted by atomic mass is 10.0. The monoisotopic (exact) mass is 772 g/mol. The van der Waals surface area contributed by atoms with Gasteiger partial charge in [0.05, 0.1) is 31.4 Å². The van der Waals surface area contributed by atoms with Gasteiger partial charge in [-0.15, -0.1) is 0 Å². The van der Waals surface area contributed by atoms with Gasteiger partial charge < -0.3 is 57.4 Å². The van der Waals surface area contributed by atoms with Gasteiger partial charge in [0.15, 0.2) is 0 Å². The van der Waals surface area contributed by atoms with Gasteiger partial charge in [-0.2, -0.15) is 25.3 Å². The molecule has 21 nitrogen and oxygen atoms in total. The normalized spacial score (nSPS) is 14.5. The van der Waals surface area contributed by atoms with Crippen LogP contribution >= 0.6 is 25.3 Å². The number of carboxylic acid groups (broad SMARTS) is 1. The van der Waals surface area contributed by atoms with E-state index in [1.165, 1.54) is 50.1 Å². The Balaban J connectivity index is 1.58. The Labute approximate surface area is 312 Å². The van der Waals surface area contributed by atoms with E-state index in [-0.39, 0.29) is 37.2 Å². The lowest BCUT2D eigenvalue weighted by Crippen LogP contribution is -2.60. The summed E-state index contributed by atoms with van der Waals surface area (Å²) in [5.74, 6) is -5.38. The van der Waals surface area contributed by atoms with Crippen molar-refractivity contribution in [2.24, 2.45) is 5.73 Å². The van der Waals surface area contributed by atoms with Gasteiger partial charge in [-0.25, -0.2) is 24.7 Å². The quantitative estimate of drug-likeness (QED) is 0.0368. The molecule has 0 radical (unpaired) electrons. The van der Waals surface area contributed by atoms with Crippen LogP contribution in [0.5, 0.6) is 0 Å². The van der Waals surface area contributed by atoms with Crippen LogP contribution in [0.4, 0.5) is 0 Å². The molecule has 0 aliphatic carbocycles. The first kappa shape index (κ1) is 40.1. The average molecular weight is 773 g/mol. The van der Waals surface area contributed by atoms with Crippen LogP contribution in [0.2, 0.25) is 0 Å². The maximum Gasteiger partial charge on any atom is 0.327 e. The standard InChI is InChI=1S/C30H40N14O7S2/c31-19(9-52)25(45)40-20(1-15-5-32-11-36-15)26(46)41-21(2-16-6-33-12-37-16)27(47)42-22(3-17-7-34-13-38-17)28(48)43-23(4-18-8-35-14-39-18)29(49)44-24(10-53)30(50)51/h5-8,11-14,19-24,52-53H,1-4,9-10,31H2,(H,32,36)(H,33,37)(H,34,38)(H,35,39)(H,40,45)(H,41,46)(H,42,47)(H,43,48)(H,44,49)(H,50,51)/t19-,20-,21-,22-,23-,24-/m0/s1. The van der Waals surface area contributed by atoms with E-state index >= 15 is 0 Å². The first-order valence-electron chi connectivity index (χ1n) is 16.1. The number of carbonyl (C=O) groups is 6. The molecule has 12 N–H and O–H groups in total. The molecule has 4 heterocycles. The third-order valence-electron chi connectivity index (χ3n) is 7.78. The van der Waals surface area contributed by atoms with E-state index in [0.717, 1.165) is 0 Å². The van der Waals surface area contributed by atoms with Crippen molar-refractivity contribution in [3.05, 3.63) is 72.9 Å². The van der Waals surface area contributed by atoms with Crippen molar-refractivity contribution in [3.63, 3.8) is 0 Å². The fourth-order valence-electron chi connectivity index (χ4n) is 4.94. The number of nitrogens with one attached hydrogen (secondary N) is 9. The topological polar surface area (TPSA) is 324 Å². The number of aromatic amines is 4. The Morgan fingerprint density at radius 1 is 0.528 bits per heavy atom. The molecule has 284 valence electrons. The summed E-state index contributed by atoms with van der Waals surface area (Å²) in [4.78, 5) is 107. The predicted molar refractivity (Wildman–Crippen MR) is 192 cm³/mol. The number of hydrogen-bond acceptors (Lipinski definition) is 13. The minimum atomic E-state index is -1.35. The number of imidazole rings is 4. The molecule has 5 amide bonds. The second kappa shape index (κ2) is 19.8. The molecular formula is C30H40N14O7S2. The van der Waals surface area contributed by atoms with E-state index in [1.54, 1.807) is 0 Å². The van der Waals surface area contributed by atoms with Gasteiger partial charge in [0.25, 0.3) is 0 Å². The highest BCUT2D eigenvalue weighted by Gasteiger charge is 2.34. The number of H-pyrrole nitrogens is 4. The molecule has 0 unspecified atom stereocenters. The lowest BCUT2D eigenvalue weighted by Gasteiger charge is -2.27. The zero-order valence-corrected chi connectivity index (χ0v) is 29.8. The van der Waals surface area contributed by atoms with Gasteiger partial charge in [-0.1, -0.05) is 0 Å². The molecular weight excluding hydrogens is 733 g/mol. The summed E-state index contributed by atoms with van der Waals surface area (Å²) >= 11 is 8.04. The summed E-state index contributed by atoms with van der Waals surface area (Å²) in [6, 6.07) is -7.57. The zero-order chi connectivity index (χ0) is 38.3. The number of aliphatic carboxylic acids is 1.